The van der Waals surface area contributed by atoms with Crippen LogP contribution in [0.4, 0.5) is 11.4 Å². The molecule has 1 aliphatic heterocycles. The number of hydrogen-bond acceptors (Lipinski definition) is 3. The van der Waals surface area contributed by atoms with Crippen molar-refractivity contribution in [2.24, 2.45) is 0 Å². The maximum atomic E-state index is 12.7. The van der Waals surface area contributed by atoms with E-state index >= 15 is 0 Å². The highest BCUT2D eigenvalue weighted by atomic mass is 32.2. The average Bonchev–Trinajstić information content (AvgIpc) is 2.38. The monoisotopic (exact) mass is 287 g/mol. The number of benzene rings is 2. The molecule has 3 nitrogen and oxygen atoms in total. The first-order valence-corrected chi connectivity index (χ1v) is 8.05. The van der Waals surface area contributed by atoms with Crippen LogP contribution in [0, 0.1) is 0 Å². The van der Waals surface area contributed by atoms with Crippen molar-refractivity contribution in [1.82, 2.24) is 0 Å². The minimum atomic E-state index is -3.44. The van der Waals surface area contributed by atoms with E-state index in [9.17, 15) is 8.42 Å². The maximum absolute atomic E-state index is 12.7. The van der Waals surface area contributed by atoms with Gasteiger partial charge in [0.05, 0.1) is 21.2 Å². The molecular weight excluding hydrogens is 270 g/mol. The van der Waals surface area contributed by atoms with Gasteiger partial charge < -0.3 is 4.90 Å². The Labute approximate surface area is 119 Å². The Morgan fingerprint density at radius 1 is 0.800 bits per heavy atom. The van der Waals surface area contributed by atoms with Crippen molar-refractivity contribution in [2.45, 2.75) is 36.1 Å². The standard InChI is InChI=1S/C16H17NO2S/c1-16(2,3)17-12-8-4-6-10-14(12)20(18,19)15-11-7-5-9-13(15)17/h4-11H,1-3H3. The second-order valence-electron chi connectivity index (χ2n) is 5.95. The Balaban J connectivity index is 2.43. The normalized spacial score (nSPS) is 16.4. The molecule has 2 aromatic carbocycles. The summed E-state index contributed by atoms with van der Waals surface area (Å²) in [4.78, 5) is 2.86. The molecule has 20 heavy (non-hydrogen) atoms. The molecule has 0 saturated carbocycles. The summed E-state index contributed by atoms with van der Waals surface area (Å²) < 4.78 is 25.5. The fourth-order valence-corrected chi connectivity index (χ4v) is 4.33. The third kappa shape index (κ3) is 1.75. The Bertz CT molecular complexity index is 720. The molecule has 0 radical (unpaired) electrons. The quantitative estimate of drug-likeness (QED) is 0.740. The summed E-state index contributed by atoms with van der Waals surface area (Å²) in [5.41, 5.74) is 1.29. The van der Waals surface area contributed by atoms with Crippen LogP contribution in [0.3, 0.4) is 0 Å². The molecule has 0 amide bonds. The molecular formula is C16H17NO2S. The van der Waals surface area contributed by atoms with E-state index in [4.69, 9.17) is 0 Å². The van der Waals surface area contributed by atoms with E-state index in [1.165, 1.54) is 0 Å². The van der Waals surface area contributed by atoms with Gasteiger partial charge in [0.2, 0.25) is 9.84 Å². The number of rotatable bonds is 0. The topological polar surface area (TPSA) is 37.4 Å². The molecule has 1 heterocycles. The molecule has 0 aliphatic carbocycles. The van der Waals surface area contributed by atoms with Gasteiger partial charge >= 0.3 is 0 Å². The Morgan fingerprint density at radius 2 is 1.20 bits per heavy atom. The van der Waals surface area contributed by atoms with Crippen LogP contribution in [0.1, 0.15) is 20.8 Å². The van der Waals surface area contributed by atoms with Gasteiger partial charge in [0.15, 0.2) is 0 Å². The van der Waals surface area contributed by atoms with E-state index in [2.05, 4.69) is 25.7 Å². The molecule has 0 aromatic heterocycles. The zero-order valence-corrected chi connectivity index (χ0v) is 12.6. The molecule has 0 spiro atoms. The first-order chi connectivity index (χ1) is 9.33. The molecule has 3 rings (SSSR count). The van der Waals surface area contributed by atoms with Gasteiger partial charge in [0.1, 0.15) is 0 Å². The minimum absolute atomic E-state index is 0.206. The first kappa shape index (κ1) is 13.2. The average molecular weight is 287 g/mol. The number of fused-ring (bicyclic) bond motifs is 2. The summed E-state index contributed by atoms with van der Waals surface area (Å²) in [6.07, 6.45) is 0. The molecule has 0 unspecified atom stereocenters. The molecule has 0 saturated heterocycles. The third-order valence-electron chi connectivity index (χ3n) is 3.46. The van der Waals surface area contributed by atoms with Gasteiger partial charge in [0, 0.05) is 5.54 Å². The van der Waals surface area contributed by atoms with Crippen molar-refractivity contribution in [3.05, 3.63) is 48.5 Å². The Hall–Kier alpha value is -1.81. The number of sulfone groups is 1. The fourth-order valence-electron chi connectivity index (χ4n) is 2.71. The SMILES string of the molecule is CC(C)(C)N1c2ccccc2S(=O)(=O)c2ccccc21. The number of nitrogens with zero attached hydrogens (tertiary/aromatic N) is 1. The summed E-state index contributed by atoms with van der Waals surface area (Å²) >= 11 is 0. The predicted molar refractivity (Wildman–Crippen MR) is 80.2 cm³/mol. The lowest BCUT2D eigenvalue weighted by Crippen LogP contribution is -2.40. The van der Waals surface area contributed by atoms with E-state index in [1.807, 2.05) is 24.3 Å². The van der Waals surface area contributed by atoms with Gasteiger partial charge in [0.25, 0.3) is 0 Å². The van der Waals surface area contributed by atoms with Crippen molar-refractivity contribution in [3.8, 4) is 0 Å². The maximum Gasteiger partial charge on any atom is 0.210 e. The van der Waals surface area contributed by atoms with E-state index < -0.39 is 9.84 Å². The molecule has 0 N–H and O–H groups in total. The van der Waals surface area contributed by atoms with Crippen molar-refractivity contribution in [3.63, 3.8) is 0 Å². The van der Waals surface area contributed by atoms with Crippen LogP contribution < -0.4 is 4.90 Å². The summed E-state index contributed by atoms with van der Waals surface area (Å²) in [5.74, 6) is 0. The lowest BCUT2D eigenvalue weighted by atomic mass is 10.0. The zero-order valence-electron chi connectivity index (χ0n) is 11.8. The highest BCUT2D eigenvalue weighted by Gasteiger charge is 2.37. The van der Waals surface area contributed by atoms with Crippen LogP contribution in [0.2, 0.25) is 0 Å². The van der Waals surface area contributed by atoms with Gasteiger partial charge in [-0.1, -0.05) is 24.3 Å². The molecule has 0 bridgehead atoms. The third-order valence-corrected chi connectivity index (χ3v) is 5.31. The van der Waals surface area contributed by atoms with E-state index in [0.717, 1.165) is 11.4 Å². The van der Waals surface area contributed by atoms with Gasteiger partial charge in [-0.25, -0.2) is 8.42 Å². The predicted octanol–water partition coefficient (Wildman–Crippen LogP) is 3.77. The molecule has 1 aliphatic rings. The van der Waals surface area contributed by atoms with Crippen LogP contribution in [0.25, 0.3) is 0 Å². The van der Waals surface area contributed by atoms with Gasteiger partial charge in [-0.15, -0.1) is 0 Å². The molecule has 2 aromatic rings. The Kier molecular flexibility index (Phi) is 2.70. The molecule has 0 fully saturated rings. The van der Waals surface area contributed by atoms with Gasteiger partial charge in [-0.2, -0.15) is 0 Å². The summed E-state index contributed by atoms with van der Waals surface area (Å²) in [6, 6.07) is 14.4. The van der Waals surface area contributed by atoms with Crippen molar-refractivity contribution in [1.29, 1.82) is 0 Å². The van der Waals surface area contributed by atoms with Crippen LogP contribution >= 0.6 is 0 Å². The number of para-hydroxylation sites is 2. The number of anilines is 2. The fraction of sp³-hybridized carbons (Fsp3) is 0.250. The largest absolute Gasteiger partial charge is 0.334 e. The van der Waals surface area contributed by atoms with E-state index in [0.29, 0.717) is 9.79 Å². The lowest BCUT2D eigenvalue weighted by Gasteiger charge is -2.42. The molecule has 4 heteroatoms. The van der Waals surface area contributed by atoms with Crippen molar-refractivity contribution < 1.29 is 8.42 Å². The highest BCUT2D eigenvalue weighted by Crippen LogP contribution is 2.46. The first-order valence-electron chi connectivity index (χ1n) is 6.57. The smallest absolute Gasteiger partial charge is 0.210 e. The van der Waals surface area contributed by atoms with Crippen LogP contribution in [0.15, 0.2) is 58.3 Å². The van der Waals surface area contributed by atoms with Crippen molar-refractivity contribution in [2.75, 3.05) is 4.90 Å². The van der Waals surface area contributed by atoms with Crippen LogP contribution in [-0.4, -0.2) is 14.0 Å². The minimum Gasteiger partial charge on any atom is -0.334 e. The molecule has 104 valence electrons. The van der Waals surface area contributed by atoms with Crippen LogP contribution in [0.5, 0.6) is 0 Å². The van der Waals surface area contributed by atoms with E-state index in [-0.39, 0.29) is 5.54 Å². The lowest BCUT2D eigenvalue weighted by molar-refractivity contribution is 0.545. The molecule has 0 atom stereocenters. The van der Waals surface area contributed by atoms with E-state index in [1.54, 1.807) is 24.3 Å². The summed E-state index contributed by atoms with van der Waals surface area (Å²) in [7, 11) is -3.44. The summed E-state index contributed by atoms with van der Waals surface area (Å²) in [5, 5.41) is 0. The zero-order chi connectivity index (χ0) is 14.5. The second-order valence-corrected chi connectivity index (χ2v) is 7.83. The Morgan fingerprint density at radius 3 is 1.60 bits per heavy atom. The second kappa shape index (κ2) is 4.09. The van der Waals surface area contributed by atoms with Gasteiger partial charge in [-0.05, 0) is 45.0 Å². The number of hydrogen-bond donors (Lipinski definition) is 0. The van der Waals surface area contributed by atoms with Crippen molar-refractivity contribution >= 4 is 21.2 Å². The van der Waals surface area contributed by atoms with Crippen LogP contribution in [-0.2, 0) is 9.84 Å². The highest BCUT2D eigenvalue weighted by molar-refractivity contribution is 7.92. The van der Waals surface area contributed by atoms with Gasteiger partial charge in [-0.3, -0.25) is 0 Å². The summed E-state index contributed by atoms with van der Waals surface area (Å²) in [6.45, 7) is 6.25.